The Hall–Kier alpha value is -2.66. The van der Waals surface area contributed by atoms with Crippen molar-refractivity contribution in [3.05, 3.63) is 71.3 Å². The lowest BCUT2D eigenvalue weighted by molar-refractivity contribution is -0.695. The first kappa shape index (κ1) is 21.6. The zero-order valence-electron chi connectivity index (χ0n) is 18.3. The molecule has 31 heavy (non-hydrogen) atoms. The first-order chi connectivity index (χ1) is 15.1. The van der Waals surface area contributed by atoms with E-state index in [-0.39, 0.29) is 29.8 Å². The highest BCUT2D eigenvalue weighted by Gasteiger charge is 2.30. The van der Waals surface area contributed by atoms with E-state index >= 15 is 0 Å². The molecule has 5 nitrogen and oxygen atoms in total. The van der Waals surface area contributed by atoms with Crippen LogP contribution in [-0.2, 0) is 22.6 Å². The molecule has 1 aliphatic carbocycles. The van der Waals surface area contributed by atoms with Crippen LogP contribution >= 0.6 is 0 Å². The number of carbonyl (C=O) groups excluding carboxylic acids is 2. The van der Waals surface area contributed by atoms with Gasteiger partial charge in [-0.05, 0) is 49.7 Å². The predicted molar refractivity (Wildman–Crippen MR) is 121 cm³/mol. The lowest BCUT2D eigenvalue weighted by atomic mass is 9.81. The van der Waals surface area contributed by atoms with E-state index in [1.54, 1.807) is 0 Å². The first-order valence-corrected chi connectivity index (χ1v) is 11.6. The Bertz CT molecular complexity index is 891. The number of benzene rings is 2. The Morgan fingerprint density at radius 2 is 1.61 bits per heavy atom. The van der Waals surface area contributed by atoms with Crippen LogP contribution in [0, 0.1) is 11.8 Å². The molecule has 0 saturated heterocycles. The minimum Gasteiger partial charge on any atom is -0.351 e. The van der Waals surface area contributed by atoms with Gasteiger partial charge in [-0.3, -0.25) is 9.59 Å². The van der Waals surface area contributed by atoms with Crippen molar-refractivity contribution in [3.8, 4) is 0 Å². The molecule has 4 N–H and O–H groups in total. The van der Waals surface area contributed by atoms with Crippen LogP contribution in [0.5, 0.6) is 0 Å². The molecule has 164 valence electrons. The summed E-state index contributed by atoms with van der Waals surface area (Å²) < 4.78 is 0. The van der Waals surface area contributed by atoms with E-state index in [2.05, 4.69) is 34.1 Å². The number of hydrogen-bond donors (Lipinski definition) is 3. The standard InChI is InChI=1S/C26H33N3O2/c1-18(20-7-3-2-4-8-20)29-25(30)21-13-11-19(12-14-21)16-28-26(31)24-15-22-9-5-6-10-23(22)17-27-24/h2-10,18-19,21,24,27H,11-17H2,1H3,(H,28,31)(H,29,30)/p+1/t18-,19?,21?,24+/m1/s1. The molecule has 2 amide bonds. The fourth-order valence-electron chi connectivity index (χ4n) is 4.91. The van der Waals surface area contributed by atoms with Gasteiger partial charge in [-0.1, -0.05) is 54.6 Å². The summed E-state index contributed by atoms with van der Waals surface area (Å²) in [5.74, 6) is 0.858. The molecule has 0 bridgehead atoms. The topological polar surface area (TPSA) is 74.8 Å². The van der Waals surface area contributed by atoms with Gasteiger partial charge in [0.1, 0.15) is 6.54 Å². The van der Waals surface area contributed by atoms with Gasteiger partial charge >= 0.3 is 0 Å². The highest BCUT2D eigenvalue weighted by molar-refractivity contribution is 5.81. The molecule has 0 unspecified atom stereocenters. The Morgan fingerprint density at radius 3 is 2.35 bits per heavy atom. The molecule has 2 aromatic carbocycles. The van der Waals surface area contributed by atoms with Crippen LogP contribution in [0.2, 0.25) is 0 Å². The van der Waals surface area contributed by atoms with Crippen LogP contribution in [0.25, 0.3) is 0 Å². The van der Waals surface area contributed by atoms with Crippen molar-refractivity contribution >= 4 is 11.8 Å². The van der Waals surface area contributed by atoms with Crippen LogP contribution in [-0.4, -0.2) is 24.4 Å². The molecule has 0 spiro atoms. The molecule has 2 aromatic rings. The van der Waals surface area contributed by atoms with E-state index in [4.69, 9.17) is 0 Å². The van der Waals surface area contributed by atoms with Crippen molar-refractivity contribution in [2.75, 3.05) is 6.54 Å². The van der Waals surface area contributed by atoms with Crippen LogP contribution in [0.1, 0.15) is 55.3 Å². The summed E-state index contributed by atoms with van der Waals surface area (Å²) in [6, 6.07) is 18.5. The van der Waals surface area contributed by atoms with Gasteiger partial charge in [-0.2, -0.15) is 0 Å². The van der Waals surface area contributed by atoms with E-state index in [9.17, 15) is 9.59 Å². The molecular formula is C26H34N3O2+. The molecule has 0 aromatic heterocycles. The van der Waals surface area contributed by atoms with E-state index in [1.165, 1.54) is 11.1 Å². The van der Waals surface area contributed by atoms with Crippen molar-refractivity contribution < 1.29 is 14.9 Å². The molecule has 1 fully saturated rings. The highest BCUT2D eigenvalue weighted by Crippen LogP contribution is 2.29. The van der Waals surface area contributed by atoms with Gasteiger partial charge in [0.2, 0.25) is 5.91 Å². The monoisotopic (exact) mass is 420 g/mol. The number of carbonyl (C=O) groups is 2. The number of nitrogens with one attached hydrogen (secondary N) is 2. The molecule has 5 heteroatoms. The number of fused-ring (bicyclic) bond motifs is 1. The molecule has 2 aliphatic rings. The summed E-state index contributed by atoms with van der Waals surface area (Å²) in [7, 11) is 0. The minimum atomic E-state index is -0.0310. The smallest absolute Gasteiger partial charge is 0.278 e. The van der Waals surface area contributed by atoms with Gasteiger partial charge < -0.3 is 16.0 Å². The SMILES string of the molecule is C[C@@H](NC(=O)C1CCC(CNC(=O)[C@@H]2Cc3ccccc3C[NH2+]2)CC1)c1ccccc1. The van der Waals surface area contributed by atoms with Crippen molar-refractivity contribution in [2.45, 2.75) is 57.7 Å². The third-order valence-electron chi connectivity index (χ3n) is 6.96. The van der Waals surface area contributed by atoms with Crippen molar-refractivity contribution in [2.24, 2.45) is 11.8 Å². The van der Waals surface area contributed by atoms with Crippen LogP contribution in [0.15, 0.2) is 54.6 Å². The molecule has 4 rings (SSSR count). The van der Waals surface area contributed by atoms with Crippen molar-refractivity contribution in [1.82, 2.24) is 10.6 Å². The largest absolute Gasteiger partial charge is 0.351 e. The average Bonchev–Trinajstić information content (AvgIpc) is 2.83. The number of rotatable bonds is 6. The predicted octanol–water partition coefficient (Wildman–Crippen LogP) is 2.47. The average molecular weight is 421 g/mol. The van der Waals surface area contributed by atoms with Crippen LogP contribution < -0.4 is 16.0 Å². The Labute approximate surface area is 185 Å². The lowest BCUT2D eigenvalue weighted by Gasteiger charge is -2.29. The van der Waals surface area contributed by atoms with Gasteiger partial charge in [0, 0.05) is 24.4 Å². The van der Waals surface area contributed by atoms with Gasteiger partial charge in [0.15, 0.2) is 6.04 Å². The van der Waals surface area contributed by atoms with E-state index < -0.39 is 0 Å². The van der Waals surface area contributed by atoms with Gasteiger partial charge in [0.05, 0.1) is 6.04 Å². The summed E-state index contributed by atoms with van der Waals surface area (Å²) in [5.41, 5.74) is 3.76. The normalized spacial score (nSPS) is 24.0. The first-order valence-electron chi connectivity index (χ1n) is 11.6. The second-order valence-electron chi connectivity index (χ2n) is 9.12. The summed E-state index contributed by atoms with van der Waals surface area (Å²) >= 11 is 0. The third-order valence-corrected chi connectivity index (χ3v) is 6.96. The van der Waals surface area contributed by atoms with Gasteiger partial charge in [-0.15, -0.1) is 0 Å². The zero-order chi connectivity index (χ0) is 21.6. The van der Waals surface area contributed by atoms with Crippen molar-refractivity contribution in [1.29, 1.82) is 0 Å². The number of nitrogens with two attached hydrogens (primary N) is 1. The van der Waals surface area contributed by atoms with Crippen LogP contribution in [0.3, 0.4) is 0 Å². The highest BCUT2D eigenvalue weighted by atomic mass is 16.2. The maximum atomic E-state index is 12.7. The van der Waals surface area contributed by atoms with Gasteiger partial charge in [0.25, 0.3) is 5.91 Å². The van der Waals surface area contributed by atoms with E-state index in [0.717, 1.165) is 50.8 Å². The minimum absolute atomic E-state index is 0.0302. The summed E-state index contributed by atoms with van der Waals surface area (Å²) in [5, 5.41) is 8.49. The Morgan fingerprint density at radius 1 is 0.935 bits per heavy atom. The summed E-state index contributed by atoms with van der Waals surface area (Å²) in [6.07, 6.45) is 4.59. The van der Waals surface area contributed by atoms with Gasteiger partial charge in [-0.25, -0.2) is 0 Å². The Kier molecular flexibility index (Phi) is 7.03. The fraction of sp³-hybridized carbons (Fsp3) is 0.462. The summed E-state index contributed by atoms with van der Waals surface area (Å²) in [6.45, 7) is 3.63. The molecule has 1 aliphatic heterocycles. The lowest BCUT2D eigenvalue weighted by Crippen LogP contribution is -2.93. The second kappa shape index (κ2) is 10.1. The number of quaternary nitrogens is 1. The maximum absolute atomic E-state index is 12.7. The third kappa shape index (κ3) is 5.53. The molecular weight excluding hydrogens is 386 g/mol. The quantitative estimate of drug-likeness (QED) is 0.672. The molecule has 1 heterocycles. The van der Waals surface area contributed by atoms with Crippen LogP contribution in [0.4, 0.5) is 0 Å². The Balaban J connectivity index is 1.18. The molecule has 1 saturated carbocycles. The number of hydrogen-bond acceptors (Lipinski definition) is 2. The van der Waals surface area contributed by atoms with Crippen molar-refractivity contribution in [3.63, 3.8) is 0 Å². The molecule has 0 radical (unpaired) electrons. The van der Waals surface area contributed by atoms with E-state index in [0.29, 0.717) is 5.92 Å². The second-order valence-corrected chi connectivity index (χ2v) is 9.12. The zero-order valence-corrected chi connectivity index (χ0v) is 18.3. The number of amides is 2. The maximum Gasteiger partial charge on any atom is 0.278 e. The van der Waals surface area contributed by atoms with E-state index in [1.807, 2.05) is 43.3 Å². The fourth-order valence-corrected chi connectivity index (χ4v) is 4.91. The molecule has 2 atom stereocenters. The summed E-state index contributed by atoms with van der Waals surface area (Å²) in [4.78, 5) is 25.3.